The molecule has 0 amide bonds. The van der Waals surface area contributed by atoms with Gasteiger partial charge in [0.2, 0.25) is 0 Å². The van der Waals surface area contributed by atoms with Crippen LogP contribution in [0, 0.1) is 35.0 Å². The van der Waals surface area contributed by atoms with Crippen molar-refractivity contribution in [2.45, 2.75) is 102 Å². The minimum absolute atomic E-state index is 0.0422. The summed E-state index contributed by atoms with van der Waals surface area (Å²) in [7, 11) is 0. The number of allylic oxidation sites excluding steroid dienone is 1. The maximum atomic E-state index is 12.5. The standard InChI is InChI=1S/C30H38O7/c1-14-10-16-11-17-18-12-29(34)21(28(18,5)13-19(31)23(17)15(2)24(16)35-25(14)33)7-6-20-27(3,4)36-22(32)8-9-30(20)26(29)37-30/h8-10,15-16,18-21,24,26,31,34H,6-7,11-13H2,1-5H3. The molecule has 200 valence electrons. The van der Waals surface area contributed by atoms with Gasteiger partial charge < -0.3 is 24.4 Å². The van der Waals surface area contributed by atoms with Crippen molar-refractivity contribution in [1.29, 1.82) is 0 Å². The molecule has 3 fully saturated rings. The van der Waals surface area contributed by atoms with Crippen LogP contribution in [-0.4, -0.2) is 57.3 Å². The lowest BCUT2D eigenvalue weighted by Crippen LogP contribution is -2.49. The zero-order chi connectivity index (χ0) is 26.3. The molecule has 7 heteroatoms. The number of ether oxygens (including phenoxy) is 3. The molecule has 7 nitrogen and oxygen atoms in total. The Bertz CT molecular complexity index is 1200. The summed E-state index contributed by atoms with van der Waals surface area (Å²) in [6, 6.07) is 0. The number of fused-ring (bicyclic) bond motifs is 6. The van der Waals surface area contributed by atoms with Crippen LogP contribution >= 0.6 is 0 Å². The normalized spacial score (nSPS) is 53.1. The van der Waals surface area contributed by atoms with Crippen molar-refractivity contribution < 1.29 is 34.0 Å². The van der Waals surface area contributed by atoms with Gasteiger partial charge in [0.15, 0.2) is 0 Å². The van der Waals surface area contributed by atoms with Crippen LogP contribution in [-0.2, 0) is 23.8 Å². The van der Waals surface area contributed by atoms with E-state index >= 15 is 0 Å². The second-order valence-electron chi connectivity index (χ2n) is 13.7. The molecule has 0 radical (unpaired) electrons. The minimum Gasteiger partial charge on any atom is -0.458 e. The molecule has 11 atom stereocenters. The van der Waals surface area contributed by atoms with Crippen LogP contribution in [0.2, 0.25) is 0 Å². The van der Waals surface area contributed by atoms with E-state index < -0.39 is 29.0 Å². The first-order valence-electron chi connectivity index (χ1n) is 13.9. The SMILES string of the molecule is CC1=CC2CC3=C(C(O)CC4(C)C3CC3(O)C4CCC4C(C)(C)OC(=O)C=CC45OC35)C(C)C2OC1=O. The number of carbonyl (C=O) groups is 2. The number of esters is 2. The third-order valence-electron chi connectivity index (χ3n) is 11.5. The van der Waals surface area contributed by atoms with Crippen molar-refractivity contribution in [3.05, 3.63) is 34.9 Å². The highest BCUT2D eigenvalue weighted by Crippen LogP contribution is 2.72. The van der Waals surface area contributed by atoms with Crippen molar-refractivity contribution in [3.63, 3.8) is 0 Å². The fraction of sp³-hybridized carbons (Fsp3) is 0.733. The van der Waals surface area contributed by atoms with Crippen LogP contribution in [0.25, 0.3) is 0 Å². The Hall–Kier alpha value is -1.96. The molecule has 7 rings (SSSR count). The molecule has 0 aromatic rings. The number of rotatable bonds is 0. The summed E-state index contributed by atoms with van der Waals surface area (Å²) in [6.45, 7) is 10.0. The van der Waals surface area contributed by atoms with E-state index in [1.807, 2.05) is 19.9 Å². The Morgan fingerprint density at radius 3 is 2.57 bits per heavy atom. The number of hydrogen-bond donors (Lipinski definition) is 2. The van der Waals surface area contributed by atoms with Gasteiger partial charge >= 0.3 is 11.9 Å². The van der Waals surface area contributed by atoms with Crippen molar-refractivity contribution >= 4 is 11.9 Å². The van der Waals surface area contributed by atoms with Crippen LogP contribution in [0.5, 0.6) is 0 Å². The van der Waals surface area contributed by atoms with E-state index in [-0.39, 0.29) is 53.0 Å². The Morgan fingerprint density at radius 2 is 1.81 bits per heavy atom. The topological polar surface area (TPSA) is 106 Å². The third-order valence-corrected chi connectivity index (χ3v) is 11.5. The van der Waals surface area contributed by atoms with Gasteiger partial charge in [0.1, 0.15) is 23.4 Å². The van der Waals surface area contributed by atoms with Crippen LogP contribution < -0.4 is 0 Å². The Morgan fingerprint density at radius 1 is 1.08 bits per heavy atom. The largest absolute Gasteiger partial charge is 0.458 e. The second-order valence-corrected chi connectivity index (χ2v) is 13.7. The van der Waals surface area contributed by atoms with E-state index in [0.29, 0.717) is 18.4 Å². The first-order chi connectivity index (χ1) is 17.3. The maximum absolute atomic E-state index is 12.5. The molecule has 37 heavy (non-hydrogen) atoms. The predicted molar refractivity (Wildman–Crippen MR) is 133 cm³/mol. The van der Waals surface area contributed by atoms with E-state index in [9.17, 15) is 19.8 Å². The quantitative estimate of drug-likeness (QED) is 0.292. The molecule has 2 saturated carbocycles. The molecule has 0 aromatic heterocycles. The summed E-state index contributed by atoms with van der Waals surface area (Å²) in [5, 5.41) is 24.1. The molecule has 2 N–H and O–H groups in total. The molecule has 1 saturated heterocycles. The predicted octanol–water partition coefficient (Wildman–Crippen LogP) is 3.39. The van der Waals surface area contributed by atoms with Gasteiger partial charge in [-0.05, 0) is 81.8 Å². The van der Waals surface area contributed by atoms with E-state index in [4.69, 9.17) is 14.2 Å². The molecule has 11 unspecified atom stereocenters. The van der Waals surface area contributed by atoms with Gasteiger partial charge in [-0.15, -0.1) is 0 Å². The average molecular weight is 511 g/mol. The van der Waals surface area contributed by atoms with Gasteiger partial charge in [-0.1, -0.05) is 25.5 Å². The minimum atomic E-state index is -1.06. The number of aliphatic hydroxyl groups is 2. The highest BCUT2D eigenvalue weighted by atomic mass is 16.6. The van der Waals surface area contributed by atoms with Crippen LogP contribution in [0.15, 0.2) is 34.9 Å². The van der Waals surface area contributed by atoms with Crippen LogP contribution in [0.4, 0.5) is 0 Å². The van der Waals surface area contributed by atoms with Crippen LogP contribution in [0.3, 0.4) is 0 Å². The molecule has 1 spiro atoms. The van der Waals surface area contributed by atoms with Gasteiger partial charge in [0.25, 0.3) is 0 Å². The van der Waals surface area contributed by atoms with Crippen molar-refractivity contribution in [1.82, 2.24) is 0 Å². The fourth-order valence-electron chi connectivity index (χ4n) is 10.0. The Kier molecular flexibility index (Phi) is 4.66. The lowest BCUT2D eigenvalue weighted by molar-refractivity contribution is -0.156. The number of carbonyl (C=O) groups excluding carboxylic acids is 2. The van der Waals surface area contributed by atoms with Crippen molar-refractivity contribution in [3.8, 4) is 0 Å². The molecule has 4 aliphatic carbocycles. The highest BCUT2D eigenvalue weighted by molar-refractivity contribution is 5.89. The van der Waals surface area contributed by atoms with Gasteiger partial charge in [-0.2, -0.15) is 0 Å². The van der Waals surface area contributed by atoms with E-state index in [0.717, 1.165) is 24.8 Å². The molecular weight excluding hydrogens is 472 g/mol. The second kappa shape index (κ2) is 7.16. The average Bonchev–Trinajstić information content (AvgIpc) is 3.51. The Balaban J connectivity index is 1.30. The Labute approximate surface area is 217 Å². The monoisotopic (exact) mass is 510 g/mol. The highest BCUT2D eigenvalue weighted by Gasteiger charge is 2.78. The summed E-state index contributed by atoms with van der Waals surface area (Å²) in [5.74, 6) is -0.581. The maximum Gasteiger partial charge on any atom is 0.333 e. The molecule has 0 bridgehead atoms. The molecule has 3 aliphatic heterocycles. The summed E-state index contributed by atoms with van der Waals surface area (Å²) >= 11 is 0. The zero-order valence-electron chi connectivity index (χ0n) is 22.3. The summed E-state index contributed by atoms with van der Waals surface area (Å²) in [4.78, 5) is 24.6. The molecule has 3 heterocycles. The fourth-order valence-corrected chi connectivity index (χ4v) is 10.0. The smallest absolute Gasteiger partial charge is 0.333 e. The zero-order valence-corrected chi connectivity index (χ0v) is 22.3. The lowest BCUT2D eigenvalue weighted by atomic mass is 9.56. The molecule has 7 aliphatic rings. The first kappa shape index (κ1) is 24.1. The van der Waals surface area contributed by atoms with Crippen molar-refractivity contribution in [2.24, 2.45) is 35.0 Å². The third kappa shape index (κ3) is 2.94. The molecular formula is C30H38O7. The number of aliphatic hydroxyl groups excluding tert-OH is 1. The number of epoxide rings is 1. The van der Waals surface area contributed by atoms with Gasteiger partial charge in [-0.3, -0.25) is 0 Å². The van der Waals surface area contributed by atoms with E-state index in [1.165, 1.54) is 11.6 Å². The lowest BCUT2D eigenvalue weighted by Gasteiger charge is -2.51. The van der Waals surface area contributed by atoms with Crippen LogP contribution in [0.1, 0.15) is 66.7 Å². The summed E-state index contributed by atoms with van der Waals surface area (Å²) in [5.41, 5.74) is 0.151. The van der Waals surface area contributed by atoms with Gasteiger partial charge in [0, 0.05) is 29.4 Å². The van der Waals surface area contributed by atoms with Gasteiger partial charge in [-0.25, -0.2) is 9.59 Å². The summed E-state index contributed by atoms with van der Waals surface area (Å²) < 4.78 is 18.1. The summed E-state index contributed by atoms with van der Waals surface area (Å²) in [6.07, 6.45) is 7.55. The number of cyclic esters (lactones) is 1. The first-order valence-corrected chi connectivity index (χ1v) is 13.9. The van der Waals surface area contributed by atoms with Crippen molar-refractivity contribution in [2.75, 3.05) is 0 Å². The number of hydrogen-bond acceptors (Lipinski definition) is 7. The van der Waals surface area contributed by atoms with E-state index in [2.05, 4.69) is 19.9 Å². The molecule has 0 aromatic carbocycles. The van der Waals surface area contributed by atoms with E-state index in [1.54, 1.807) is 6.92 Å². The van der Waals surface area contributed by atoms with Gasteiger partial charge in [0.05, 0.1) is 11.7 Å².